The van der Waals surface area contributed by atoms with Gasteiger partial charge in [0.15, 0.2) is 0 Å². The highest BCUT2D eigenvalue weighted by atomic mass is 127. The van der Waals surface area contributed by atoms with Crippen molar-refractivity contribution in [2.45, 2.75) is 18.9 Å². The van der Waals surface area contributed by atoms with Crippen LogP contribution in [-0.2, 0) is 7.05 Å². The zero-order valence-electron chi connectivity index (χ0n) is 11.2. The molecule has 2 heterocycles. The molecule has 0 aromatic carbocycles. The normalized spacial score (nSPS) is 17.3. The summed E-state index contributed by atoms with van der Waals surface area (Å²) < 4.78 is 3.51. The van der Waals surface area contributed by atoms with Crippen molar-refractivity contribution in [2.75, 3.05) is 27.2 Å². The van der Waals surface area contributed by atoms with Crippen LogP contribution in [0.25, 0.3) is 0 Å². The number of piperidine rings is 1. The number of aryl methyl sites for hydroxylation is 1. The minimum absolute atomic E-state index is 0. The maximum Gasteiger partial charge on any atom is 0.415 e. The maximum atomic E-state index is 12.2. The second kappa shape index (κ2) is 6.51. The molecule has 6 heteroatoms. The Morgan fingerprint density at radius 3 is 2.50 bits per heavy atom. The van der Waals surface area contributed by atoms with E-state index in [-0.39, 0.29) is 30.0 Å². The van der Waals surface area contributed by atoms with Crippen molar-refractivity contribution in [3.05, 3.63) is 18.7 Å². The van der Waals surface area contributed by atoms with Gasteiger partial charge < -0.3 is 33.8 Å². The highest BCUT2D eigenvalue weighted by molar-refractivity contribution is 5.76. The first kappa shape index (κ1) is 15.4. The van der Waals surface area contributed by atoms with Crippen molar-refractivity contribution in [2.24, 2.45) is 7.05 Å². The third-order valence-electron chi connectivity index (χ3n) is 3.53. The SMILES string of the molecule is CN1CCC(N(C)C(=O)n2cc[n+](C)c2)CC1.[I-]. The first-order chi connectivity index (χ1) is 8.08. The Morgan fingerprint density at radius 1 is 1.39 bits per heavy atom. The summed E-state index contributed by atoms with van der Waals surface area (Å²) in [5, 5.41) is 0. The molecular weight excluding hydrogens is 343 g/mol. The van der Waals surface area contributed by atoms with E-state index in [0.29, 0.717) is 6.04 Å². The summed E-state index contributed by atoms with van der Waals surface area (Å²) in [6.45, 7) is 2.14. The van der Waals surface area contributed by atoms with Crippen LogP contribution in [0.4, 0.5) is 4.79 Å². The Morgan fingerprint density at radius 2 is 2.00 bits per heavy atom. The van der Waals surface area contributed by atoms with E-state index in [4.69, 9.17) is 0 Å². The van der Waals surface area contributed by atoms with Crippen LogP contribution >= 0.6 is 0 Å². The van der Waals surface area contributed by atoms with E-state index < -0.39 is 0 Å². The lowest BCUT2D eigenvalue weighted by Crippen LogP contribution is -3.00. The number of amides is 1. The van der Waals surface area contributed by atoms with Gasteiger partial charge in [0.2, 0.25) is 0 Å². The summed E-state index contributed by atoms with van der Waals surface area (Å²) in [5.41, 5.74) is 0. The number of hydrogen-bond donors (Lipinski definition) is 0. The molecule has 1 fully saturated rings. The maximum absolute atomic E-state index is 12.2. The molecule has 0 radical (unpaired) electrons. The van der Waals surface area contributed by atoms with Gasteiger partial charge in [0.1, 0.15) is 12.4 Å². The van der Waals surface area contributed by atoms with Crippen molar-refractivity contribution in [3.8, 4) is 0 Å². The standard InChI is InChI=1S/C12H21N4O.HI/c1-13-6-4-11(5-7-13)15(3)12(17)16-9-8-14(2)10-16;/h8-11H,4-7H2,1-3H3;1H/q+1;/p-1. The molecule has 1 aromatic rings. The Balaban J connectivity index is 0.00000162. The Labute approximate surface area is 125 Å². The van der Waals surface area contributed by atoms with Gasteiger partial charge in [-0.15, -0.1) is 0 Å². The van der Waals surface area contributed by atoms with Gasteiger partial charge in [-0.1, -0.05) is 0 Å². The number of imidazole rings is 1. The fourth-order valence-corrected chi connectivity index (χ4v) is 2.28. The van der Waals surface area contributed by atoms with Crippen LogP contribution in [0.3, 0.4) is 0 Å². The van der Waals surface area contributed by atoms with Crippen LogP contribution in [0.5, 0.6) is 0 Å². The predicted molar refractivity (Wildman–Crippen MR) is 64.7 cm³/mol. The second-order valence-electron chi connectivity index (χ2n) is 4.91. The predicted octanol–water partition coefficient (Wildman–Crippen LogP) is -2.69. The molecule has 0 N–H and O–H groups in total. The first-order valence-corrected chi connectivity index (χ1v) is 6.07. The monoisotopic (exact) mass is 364 g/mol. The van der Waals surface area contributed by atoms with Gasteiger partial charge in [0.25, 0.3) is 6.33 Å². The van der Waals surface area contributed by atoms with Crippen LogP contribution in [0.15, 0.2) is 18.7 Å². The van der Waals surface area contributed by atoms with E-state index in [9.17, 15) is 4.79 Å². The van der Waals surface area contributed by atoms with Gasteiger partial charge in [-0.05, 0) is 33.0 Å². The van der Waals surface area contributed by atoms with Gasteiger partial charge in [-0.2, -0.15) is 4.57 Å². The minimum atomic E-state index is 0. The lowest BCUT2D eigenvalue weighted by atomic mass is 10.0. The molecule has 0 bridgehead atoms. The van der Waals surface area contributed by atoms with Gasteiger partial charge >= 0.3 is 6.03 Å². The average Bonchev–Trinajstić information content (AvgIpc) is 2.75. The molecule has 0 unspecified atom stereocenters. The molecule has 18 heavy (non-hydrogen) atoms. The number of nitrogens with zero attached hydrogens (tertiary/aromatic N) is 4. The van der Waals surface area contributed by atoms with Crippen molar-refractivity contribution in [3.63, 3.8) is 0 Å². The highest BCUT2D eigenvalue weighted by Crippen LogP contribution is 2.14. The second-order valence-corrected chi connectivity index (χ2v) is 4.91. The molecule has 0 atom stereocenters. The summed E-state index contributed by atoms with van der Waals surface area (Å²) in [4.78, 5) is 16.4. The number of carbonyl (C=O) groups excluding carboxylic acids is 1. The largest absolute Gasteiger partial charge is 1.00 e. The van der Waals surface area contributed by atoms with Crippen molar-refractivity contribution in [1.29, 1.82) is 0 Å². The number of aromatic nitrogens is 2. The Kier molecular flexibility index (Phi) is 5.58. The van der Waals surface area contributed by atoms with Gasteiger partial charge in [-0.25, -0.2) is 9.36 Å². The van der Waals surface area contributed by atoms with Crippen molar-refractivity contribution >= 4 is 6.03 Å². The highest BCUT2D eigenvalue weighted by Gasteiger charge is 2.27. The number of rotatable bonds is 1. The van der Waals surface area contributed by atoms with E-state index in [1.165, 1.54) is 0 Å². The lowest BCUT2D eigenvalue weighted by molar-refractivity contribution is -0.670. The fourth-order valence-electron chi connectivity index (χ4n) is 2.28. The number of halogens is 1. The first-order valence-electron chi connectivity index (χ1n) is 6.07. The molecule has 1 aliphatic rings. The average molecular weight is 364 g/mol. The summed E-state index contributed by atoms with van der Waals surface area (Å²) in [6.07, 6.45) is 7.60. The molecule has 0 saturated carbocycles. The summed E-state index contributed by atoms with van der Waals surface area (Å²) in [7, 11) is 5.95. The summed E-state index contributed by atoms with van der Waals surface area (Å²) in [6, 6.07) is 0.423. The Bertz CT molecular complexity index is 399. The fraction of sp³-hybridized carbons (Fsp3) is 0.667. The van der Waals surface area contributed by atoms with Crippen molar-refractivity contribution in [1.82, 2.24) is 14.4 Å². The lowest BCUT2D eigenvalue weighted by Gasteiger charge is -2.33. The molecule has 1 saturated heterocycles. The van der Waals surface area contributed by atoms with E-state index in [0.717, 1.165) is 25.9 Å². The quantitative estimate of drug-likeness (QED) is 0.402. The third-order valence-corrected chi connectivity index (χ3v) is 3.53. The van der Waals surface area contributed by atoms with E-state index in [2.05, 4.69) is 11.9 Å². The number of hydrogen-bond acceptors (Lipinski definition) is 2. The van der Waals surface area contributed by atoms with E-state index in [1.807, 2.05) is 29.8 Å². The molecule has 1 aromatic heterocycles. The minimum Gasteiger partial charge on any atom is -1.00 e. The van der Waals surface area contributed by atoms with Gasteiger partial charge in [0.05, 0.1) is 7.05 Å². The zero-order chi connectivity index (χ0) is 12.4. The van der Waals surface area contributed by atoms with Crippen LogP contribution < -0.4 is 28.5 Å². The van der Waals surface area contributed by atoms with E-state index in [1.54, 1.807) is 17.1 Å². The topological polar surface area (TPSA) is 32.4 Å². The molecule has 2 rings (SSSR count). The molecular formula is C12H21IN4O. The molecule has 102 valence electrons. The number of carbonyl (C=O) groups is 1. The smallest absolute Gasteiger partial charge is 0.415 e. The van der Waals surface area contributed by atoms with E-state index >= 15 is 0 Å². The molecule has 1 aliphatic heterocycles. The third kappa shape index (κ3) is 3.44. The summed E-state index contributed by atoms with van der Waals surface area (Å²) in [5.74, 6) is 0. The van der Waals surface area contributed by atoms with Gasteiger partial charge in [-0.3, -0.25) is 0 Å². The summed E-state index contributed by atoms with van der Waals surface area (Å²) >= 11 is 0. The Hall–Kier alpha value is -0.630. The van der Waals surface area contributed by atoms with Gasteiger partial charge in [0, 0.05) is 13.1 Å². The molecule has 0 aliphatic carbocycles. The van der Waals surface area contributed by atoms with Crippen molar-refractivity contribution < 1.29 is 33.3 Å². The zero-order valence-corrected chi connectivity index (χ0v) is 13.4. The van der Waals surface area contributed by atoms with Crippen LogP contribution in [0.1, 0.15) is 12.8 Å². The number of likely N-dealkylation sites (tertiary alicyclic amines) is 1. The van der Waals surface area contributed by atoms with Crippen LogP contribution in [0.2, 0.25) is 0 Å². The molecule has 0 spiro atoms. The van der Waals surface area contributed by atoms with Crippen LogP contribution in [-0.4, -0.2) is 53.6 Å². The van der Waals surface area contributed by atoms with Crippen LogP contribution in [0, 0.1) is 0 Å². The molecule has 1 amide bonds. The molecule has 5 nitrogen and oxygen atoms in total.